The fraction of sp³-hybridized carbons (Fsp3) is 0.429. The molecule has 106 valence electrons. The lowest BCUT2D eigenvalue weighted by molar-refractivity contribution is 0.0590. The Morgan fingerprint density at radius 1 is 1.30 bits per heavy atom. The van der Waals surface area contributed by atoms with Gasteiger partial charge >= 0.3 is 0 Å². The third kappa shape index (κ3) is 3.08. The topological polar surface area (TPSA) is 74.2 Å². The van der Waals surface area contributed by atoms with Crippen molar-refractivity contribution in [2.75, 3.05) is 13.2 Å². The van der Waals surface area contributed by atoms with Gasteiger partial charge in [0.25, 0.3) is 0 Å². The molecule has 0 aliphatic carbocycles. The first-order valence-corrected chi connectivity index (χ1v) is 7.42. The maximum atomic E-state index is 6.08. The molecule has 2 heterocycles. The zero-order valence-corrected chi connectivity index (χ0v) is 12.5. The molecule has 0 bridgehead atoms. The number of hydrogen-bond acceptors (Lipinski definition) is 5. The predicted molar refractivity (Wildman–Crippen MR) is 77.4 cm³/mol. The van der Waals surface area contributed by atoms with E-state index in [2.05, 4.69) is 26.1 Å². The second-order valence-electron chi connectivity index (χ2n) is 4.99. The molecule has 1 saturated heterocycles. The third-order valence-electron chi connectivity index (χ3n) is 3.49. The fourth-order valence-electron chi connectivity index (χ4n) is 2.28. The van der Waals surface area contributed by atoms with Crippen molar-refractivity contribution in [2.24, 2.45) is 5.73 Å². The molecule has 1 fully saturated rings. The van der Waals surface area contributed by atoms with E-state index in [1.165, 1.54) is 0 Å². The van der Waals surface area contributed by atoms with E-state index in [-0.39, 0.29) is 12.0 Å². The molecule has 0 spiro atoms. The molecule has 0 saturated carbocycles. The third-order valence-corrected chi connectivity index (χ3v) is 4.01. The van der Waals surface area contributed by atoms with Gasteiger partial charge in [0.15, 0.2) is 5.82 Å². The molecule has 2 aromatic rings. The summed E-state index contributed by atoms with van der Waals surface area (Å²) >= 11 is 3.42. The summed E-state index contributed by atoms with van der Waals surface area (Å²) in [4.78, 5) is 4.45. The maximum Gasteiger partial charge on any atom is 0.233 e. The van der Waals surface area contributed by atoms with Gasteiger partial charge in [-0.1, -0.05) is 33.2 Å². The highest BCUT2D eigenvalue weighted by Gasteiger charge is 2.29. The lowest BCUT2D eigenvalue weighted by atomic mass is 9.97. The van der Waals surface area contributed by atoms with Gasteiger partial charge < -0.3 is 15.0 Å². The van der Waals surface area contributed by atoms with Gasteiger partial charge in [-0.3, -0.25) is 0 Å². The number of nitrogens with two attached hydrogens (primary N) is 1. The van der Waals surface area contributed by atoms with Gasteiger partial charge in [0, 0.05) is 23.5 Å². The standard InChI is InChI=1S/C14H16BrN3O2/c15-10-3-1-9(2-4-10)7-13-17-14(20-18-13)11-8-19-6-5-12(11)16/h1-4,11-12H,5-8,16H2. The molecule has 0 amide bonds. The van der Waals surface area contributed by atoms with Crippen molar-refractivity contribution in [1.82, 2.24) is 10.1 Å². The Labute approximate surface area is 125 Å². The Hall–Kier alpha value is -1.24. The Bertz CT molecular complexity index is 570. The van der Waals surface area contributed by atoms with Crippen molar-refractivity contribution in [3.63, 3.8) is 0 Å². The van der Waals surface area contributed by atoms with Crippen LogP contribution in [-0.4, -0.2) is 29.4 Å². The molecular formula is C14H16BrN3O2. The smallest absolute Gasteiger partial charge is 0.233 e. The van der Waals surface area contributed by atoms with Crippen LogP contribution < -0.4 is 5.73 Å². The van der Waals surface area contributed by atoms with E-state index < -0.39 is 0 Å². The Kier molecular flexibility index (Phi) is 4.14. The Morgan fingerprint density at radius 3 is 2.85 bits per heavy atom. The van der Waals surface area contributed by atoms with E-state index in [1.54, 1.807) is 0 Å². The van der Waals surface area contributed by atoms with E-state index in [4.69, 9.17) is 15.0 Å². The van der Waals surface area contributed by atoms with Crippen molar-refractivity contribution in [3.8, 4) is 0 Å². The van der Waals surface area contributed by atoms with Crippen LogP contribution in [0.15, 0.2) is 33.3 Å². The molecule has 1 aliphatic rings. The highest BCUT2D eigenvalue weighted by molar-refractivity contribution is 9.10. The molecule has 1 aromatic carbocycles. The monoisotopic (exact) mass is 337 g/mol. The van der Waals surface area contributed by atoms with Crippen molar-refractivity contribution in [2.45, 2.75) is 24.8 Å². The van der Waals surface area contributed by atoms with Crippen LogP contribution in [-0.2, 0) is 11.2 Å². The number of ether oxygens (including phenoxy) is 1. The van der Waals surface area contributed by atoms with Gasteiger partial charge in [0.05, 0.1) is 12.5 Å². The van der Waals surface area contributed by atoms with Crippen molar-refractivity contribution in [3.05, 3.63) is 46.0 Å². The minimum Gasteiger partial charge on any atom is -0.381 e. The lowest BCUT2D eigenvalue weighted by Gasteiger charge is -2.25. The second-order valence-corrected chi connectivity index (χ2v) is 5.90. The number of aromatic nitrogens is 2. The molecule has 3 rings (SSSR count). The van der Waals surface area contributed by atoms with Crippen molar-refractivity contribution >= 4 is 15.9 Å². The van der Waals surface area contributed by atoms with E-state index in [0.29, 0.717) is 31.3 Å². The average Bonchev–Trinajstić information content (AvgIpc) is 2.90. The van der Waals surface area contributed by atoms with Gasteiger partial charge in [0.2, 0.25) is 5.89 Å². The maximum absolute atomic E-state index is 6.08. The summed E-state index contributed by atoms with van der Waals surface area (Å²) in [5, 5.41) is 4.03. The number of benzene rings is 1. The molecule has 2 atom stereocenters. The van der Waals surface area contributed by atoms with Gasteiger partial charge in [-0.15, -0.1) is 0 Å². The number of nitrogens with zero attached hydrogens (tertiary/aromatic N) is 2. The van der Waals surface area contributed by atoms with Gasteiger partial charge in [-0.05, 0) is 24.1 Å². The first-order valence-electron chi connectivity index (χ1n) is 6.62. The number of halogens is 1. The van der Waals surface area contributed by atoms with Crippen LogP contribution in [0.4, 0.5) is 0 Å². The number of rotatable bonds is 3. The van der Waals surface area contributed by atoms with Crippen LogP contribution in [0, 0.1) is 0 Å². The quantitative estimate of drug-likeness (QED) is 0.929. The lowest BCUT2D eigenvalue weighted by Crippen LogP contribution is -2.37. The summed E-state index contributed by atoms with van der Waals surface area (Å²) in [6, 6.07) is 8.11. The zero-order valence-electron chi connectivity index (χ0n) is 11.0. The first kappa shape index (κ1) is 13.7. The molecular weight excluding hydrogens is 322 g/mol. The molecule has 20 heavy (non-hydrogen) atoms. The zero-order chi connectivity index (χ0) is 13.9. The van der Waals surface area contributed by atoms with Crippen molar-refractivity contribution < 1.29 is 9.26 Å². The molecule has 5 nitrogen and oxygen atoms in total. The van der Waals surface area contributed by atoms with Crippen LogP contribution in [0.25, 0.3) is 0 Å². The normalized spacial score (nSPS) is 22.9. The fourth-order valence-corrected chi connectivity index (χ4v) is 2.55. The summed E-state index contributed by atoms with van der Waals surface area (Å²) < 4.78 is 11.8. The summed E-state index contributed by atoms with van der Waals surface area (Å²) in [6.07, 6.45) is 1.48. The van der Waals surface area contributed by atoms with Gasteiger partial charge in [-0.2, -0.15) is 4.98 Å². The molecule has 2 unspecified atom stereocenters. The molecule has 1 aromatic heterocycles. The van der Waals surface area contributed by atoms with Crippen LogP contribution in [0.5, 0.6) is 0 Å². The SMILES string of the molecule is NC1CCOCC1c1nc(Cc2ccc(Br)cc2)no1. The highest BCUT2D eigenvalue weighted by atomic mass is 79.9. The minimum atomic E-state index is 0.00918. The Morgan fingerprint density at radius 2 is 2.10 bits per heavy atom. The average molecular weight is 338 g/mol. The van der Waals surface area contributed by atoms with Crippen LogP contribution in [0.3, 0.4) is 0 Å². The van der Waals surface area contributed by atoms with Crippen molar-refractivity contribution in [1.29, 1.82) is 0 Å². The van der Waals surface area contributed by atoms with Gasteiger partial charge in [0.1, 0.15) is 0 Å². The molecule has 1 aliphatic heterocycles. The van der Waals surface area contributed by atoms with E-state index in [0.717, 1.165) is 16.5 Å². The molecule has 0 radical (unpaired) electrons. The van der Waals surface area contributed by atoms with Crippen LogP contribution in [0.1, 0.15) is 29.6 Å². The summed E-state index contributed by atoms with van der Waals surface area (Å²) in [6.45, 7) is 1.26. The number of hydrogen-bond donors (Lipinski definition) is 1. The van der Waals surface area contributed by atoms with Crippen LogP contribution in [0.2, 0.25) is 0 Å². The van der Waals surface area contributed by atoms with E-state index in [9.17, 15) is 0 Å². The van der Waals surface area contributed by atoms with Gasteiger partial charge in [-0.25, -0.2) is 0 Å². The second kappa shape index (κ2) is 6.03. The van der Waals surface area contributed by atoms with Crippen LogP contribution >= 0.6 is 15.9 Å². The Balaban J connectivity index is 1.71. The first-order chi connectivity index (χ1) is 9.72. The van der Waals surface area contributed by atoms with E-state index in [1.807, 2.05) is 24.3 Å². The predicted octanol–water partition coefficient (Wildman–Crippen LogP) is 2.25. The summed E-state index contributed by atoms with van der Waals surface area (Å²) in [5.41, 5.74) is 7.22. The van der Waals surface area contributed by atoms with E-state index >= 15 is 0 Å². The largest absolute Gasteiger partial charge is 0.381 e. The summed E-state index contributed by atoms with van der Waals surface area (Å²) in [7, 11) is 0. The summed E-state index contributed by atoms with van der Waals surface area (Å²) in [5.74, 6) is 1.28. The molecule has 6 heteroatoms. The highest BCUT2D eigenvalue weighted by Crippen LogP contribution is 2.23. The molecule has 2 N–H and O–H groups in total. The minimum absolute atomic E-state index is 0.00918.